The number of likely N-dealkylation sites (N-methyl/N-ethyl adjacent to an activating group) is 1. The SMILES string of the molecule is CNC1(CO)CCN(c2ccc(OC)cc2)CC1. The van der Waals surface area contributed by atoms with Gasteiger partial charge in [0.05, 0.1) is 13.7 Å². The number of piperidine rings is 1. The first-order valence-electron chi connectivity index (χ1n) is 6.42. The van der Waals surface area contributed by atoms with E-state index in [4.69, 9.17) is 4.74 Å². The third-order valence-electron chi connectivity index (χ3n) is 3.99. The van der Waals surface area contributed by atoms with Crippen molar-refractivity contribution in [1.82, 2.24) is 5.32 Å². The highest BCUT2D eigenvalue weighted by atomic mass is 16.5. The number of methoxy groups -OCH3 is 1. The molecule has 0 spiro atoms. The second kappa shape index (κ2) is 5.59. The maximum absolute atomic E-state index is 9.47. The molecule has 18 heavy (non-hydrogen) atoms. The molecule has 0 aliphatic carbocycles. The number of anilines is 1. The van der Waals surface area contributed by atoms with Crippen molar-refractivity contribution in [3.05, 3.63) is 24.3 Å². The molecule has 1 heterocycles. The molecule has 2 N–H and O–H groups in total. The Labute approximate surface area is 109 Å². The number of hydrogen-bond donors (Lipinski definition) is 2. The van der Waals surface area contributed by atoms with Crippen molar-refractivity contribution < 1.29 is 9.84 Å². The van der Waals surface area contributed by atoms with Crippen LogP contribution in [0.3, 0.4) is 0 Å². The zero-order valence-electron chi connectivity index (χ0n) is 11.1. The van der Waals surface area contributed by atoms with Gasteiger partial charge >= 0.3 is 0 Å². The summed E-state index contributed by atoms with van der Waals surface area (Å²) in [5.41, 5.74) is 1.13. The summed E-state index contributed by atoms with van der Waals surface area (Å²) in [4.78, 5) is 2.35. The Bertz CT molecular complexity index is 364. The number of aliphatic hydroxyl groups excluding tert-OH is 1. The highest BCUT2D eigenvalue weighted by Gasteiger charge is 2.32. The lowest BCUT2D eigenvalue weighted by atomic mass is 9.88. The summed E-state index contributed by atoms with van der Waals surface area (Å²) in [5, 5.41) is 12.7. The molecule has 0 aromatic heterocycles. The molecule has 0 bridgehead atoms. The topological polar surface area (TPSA) is 44.7 Å². The lowest BCUT2D eigenvalue weighted by Gasteiger charge is -2.41. The van der Waals surface area contributed by atoms with E-state index in [-0.39, 0.29) is 12.1 Å². The van der Waals surface area contributed by atoms with E-state index in [9.17, 15) is 5.11 Å². The quantitative estimate of drug-likeness (QED) is 0.844. The monoisotopic (exact) mass is 250 g/mol. The van der Waals surface area contributed by atoms with Crippen LogP contribution in [-0.4, -0.2) is 44.5 Å². The van der Waals surface area contributed by atoms with Gasteiger partial charge in [-0.15, -0.1) is 0 Å². The predicted octanol–water partition coefficient (Wildman–Crippen LogP) is 1.25. The van der Waals surface area contributed by atoms with Gasteiger partial charge in [-0.25, -0.2) is 0 Å². The summed E-state index contributed by atoms with van der Waals surface area (Å²) < 4.78 is 5.16. The van der Waals surface area contributed by atoms with Crippen LogP contribution in [0.2, 0.25) is 0 Å². The highest BCUT2D eigenvalue weighted by molar-refractivity contribution is 5.49. The van der Waals surface area contributed by atoms with Gasteiger partial charge in [-0.05, 0) is 44.2 Å². The lowest BCUT2D eigenvalue weighted by Crippen LogP contribution is -2.54. The zero-order valence-corrected chi connectivity index (χ0v) is 11.1. The van der Waals surface area contributed by atoms with Crippen molar-refractivity contribution in [3.63, 3.8) is 0 Å². The molecule has 1 aliphatic rings. The number of ether oxygens (including phenoxy) is 1. The number of nitrogens with zero attached hydrogens (tertiary/aromatic N) is 1. The maximum Gasteiger partial charge on any atom is 0.119 e. The molecule has 100 valence electrons. The molecule has 0 radical (unpaired) electrons. The lowest BCUT2D eigenvalue weighted by molar-refractivity contribution is 0.142. The molecule has 1 aromatic rings. The van der Waals surface area contributed by atoms with Crippen LogP contribution in [0.15, 0.2) is 24.3 Å². The first-order chi connectivity index (χ1) is 8.73. The van der Waals surface area contributed by atoms with Gasteiger partial charge in [-0.1, -0.05) is 0 Å². The van der Waals surface area contributed by atoms with Gasteiger partial charge in [0.25, 0.3) is 0 Å². The first kappa shape index (κ1) is 13.2. The molecule has 1 fully saturated rings. The van der Waals surface area contributed by atoms with Gasteiger partial charge in [0, 0.05) is 24.3 Å². The van der Waals surface area contributed by atoms with Crippen LogP contribution >= 0.6 is 0 Å². The van der Waals surface area contributed by atoms with E-state index in [1.54, 1.807) is 7.11 Å². The van der Waals surface area contributed by atoms with Crippen LogP contribution in [0.1, 0.15) is 12.8 Å². The Kier molecular flexibility index (Phi) is 4.09. The standard InChI is InChI=1S/C14H22N2O2/c1-15-14(11-17)7-9-16(10-8-14)12-3-5-13(18-2)6-4-12/h3-6,15,17H,7-11H2,1-2H3. The van der Waals surface area contributed by atoms with E-state index in [0.717, 1.165) is 31.7 Å². The van der Waals surface area contributed by atoms with Gasteiger partial charge in [0.2, 0.25) is 0 Å². The van der Waals surface area contributed by atoms with Crippen molar-refractivity contribution in [2.24, 2.45) is 0 Å². The van der Waals surface area contributed by atoms with Gasteiger partial charge in [-0.2, -0.15) is 0 Å². The largest absolute Gasteiger partial charge is 0.497 e. The summed E-state index contributed by atoms with van der Waals surface area (Å²) in [6, 6.07) is 8.15. The molecule has 2 rings (SSSR count). The van der Waals surface area contributed by atoms with Crippen molar-refractivity contribution in [1.29, 1.82) is 0 Å². The summed E-state index contributed by atoms with van der Waals surface area (Å²) in [6.07, 6.45) is 1.93. The maximum atomic E-state index is 9.47. The number of aliphatic hydroxyl groups is 1. The smallest absolute Gasteiger partial charge is 0.119 e. The summed E-state index contributed by atoms with van der Waals surface area (Å²) in [6.45, 7) is 2.14. The average molecular weight is 250 g/mol. The summed E-state index contributed by atoms with van der Waals surface area (Å²) in [5.74, 6) is 0.885. The molecule has 0 atom stereocenters. The van der Waals surface area contributed by atoms with Crippen LogP contribution < -0.4 is 15.0 Å². The number of hydrogen-bond acceptors (Lipinski definition) is 4. The Balaban J connectivity index is 2.00. The van der Waals surface area contributed by atoms with Crippen LogP contribution in [0.25, 0.3) is 0 Å². The Morgan fingerprint density at radius 2 is 1.89 bits per heavy atom. The van der Waals surface area contributed by atoms with Crippen LogP contribution in [-0.2, 0) is 0 Å². The first-order valence-corrected chi connectivity index (χ1v) is 6.42. The minimum Gasteiger partial charge on any atom is -0.497 e. The third kappa shape index (κ3) is 2.60. The molecule has 0 saturated carbocycles. The van der Waals surface area contributed by atoms with Gasteiger partial charge in [0.15, 0.2) is 0 Å². The Morgan fingerprint density at radius 1 is 1.28 bits per heavy atom. The van der Waals surface area contributed by atoms with E-state index >= 15 is 0 Å². The summed E-state index contributed by atoms with van der Waals surface area (Å²) in [7, 11) is 3.61. The third-order valence-corrected chi connectivity index (χ3v) is 3.99. The fourth-order valence-electron chi connectivity index (χ4n) is 2.47. The van der Waals surface area contributed by atoms with E-state index in [1.807, 2.05) is 19.2 Å². The van der Waals surface area contributed by atoms with Crippen molar-refractivity contribution >= 4 is 5.69 Å². The van der Waals surface area contributed by atoms with Crippen LogP contribution in [0.4, 0.5) is 5.69 Å². The van der Waals surface area contributed by atoms with Crippen molar-refractivity contribution in [3.8, 4) is 5.75 Å². The second-order valence-corrected chi connectivity index (χ2v) is 4.87. The predicted molar refractivity (Wildman–Crippen MR) is 73.3 cm³/mol. The highest BCUT2D eigenvalue weighted by Crippen LogP contribution is 2.27. The van der Waals surface area contributed by atoms with Gasteiger partial charge in [-0.3, -0.25) is 0 Å². The summed E-state index contributed by atoms with van der Waals surface area (Å²) >= 11 is 0. The van der Waals surface area contributed by atoms with Crippen LogP contribution in [0.5, 0.6) is 5.75 Å². The van der Waals surface area contributed by atoms with E-state index < -0.39 is 0 Å². The average Bonchev–Trinajstić information content (AvgIpc) is 2.47. The van der Waals surface area contributed by atoms with Crippen LogP contribution in [0, 0.1) is 0 Å². The zero-order chi connectivity index (χ0) is 13.0. The van der Waals surface area contributed by atoms with E-state index in [0.29, 0.717) is 0 Å². The molecular formula is C14H22N2O2. The molecule has 1 aromatic carbocycles. The minimum atomic E-state index is -0.0943. The molecule has 0 unspecified atom stereocenters. The van der Waals surface area contributed by atoms with Gasteiger partial charge in [0.1, 0.15) is 5.75 Å². The van der Waals surface area contributed by atoms with Crippen molar-refractivity contribution in [2.75, 3.05) is 38.8 Å². The molecule has 1 saturated heterocycles. The minimum absolute atomic E-state index is 0.0943. The van der Waals surface area contributed by atoms with E-state index in [1.165, 1.54) is 5.69 Å². The molecule has 0 amide bonds. The van der Waals surface area contributed by atoms with E-state index in [2.05, 4.69) is 22.3 Å². The molecular weight excluding hydrogens is 228 g/mol. The molecule has 4 nitrogen and oxygen atoms in total. The Morgan fingerprint density at radius 3 is 2.33 bits per heavy atom. The fraction of sp³-hybridized carbons (Fsp3) is 0.571. The number of rotatable bonds is 4. The van der Waals surface area contributed by atoms with Gasteiger partial charge < -0.3 is 20.1 Å². The normalized spacial score (nSPS) is 18.7. The number of benzene rings is 1. The fourth-order valence-corrected chi connectivity index (χ4v) is 2.47. The molecule has 1 aliphatic heterocycles. The number of nitrogens with one attached hydrogen (secondary N) is 1. The Hall–Kier alpha value is -1.26. The second-order valence-electron chi connectivity index (χ2n) is 4.87. The molecule has 4 heteroatoms. The van der Waals surface area contributed by atoms with Crippen molar-refractivity contribution in [2.45, 2.75) is 18.4 Å².